The number of ether oxygens (including phenoxy) is 11. The van der Waals surface area contributed by atoms with Crippen molar-refractivity contribution in [2.75, 3.05) is 42.7 Å². The lowest BCUT2D eigenvalue weighted by Gasteiger charge is -2.25. The van der Waals surface area contributed by atoms with Crippen LogP contribution in [0.25, 0.3) is 0 Å². The largest absolute Gasteiger partial charge is 0.496 e. The topological polar surface area (TPSA) is 182 Å². The second kappa shape index (κ2) is 25.5. The van der Waals surface area contributed by atoms with Gasteiger partial charge in [0.05, 0.1) is 54.9 Å². The van der Waals surface area contributed by atoms with Crippen LogP contribution in [0.1, 0.15) is 123 Å². The number of benzene rings is 6. The Morgan fingerprint density at radius 2 is 0.610 bits per heavy atom. The highest BCUT2D eigenvalue weighted by molar-refractivity contribution is 5.49. The molecule has 414 valence electrons. The van der Waals surface area contributed by atoms with Crippen LogP contribution < -0.4 is 47.4 Å². The molecule has 1 unspecified atom stereocenters. The summed E-state index contributed by atoms with van der Waals surface area (Å²) in [6.07, 6.45) is -7.40. The van der Waals surface area contributed by atoms with E-state index in [2.05, 4.69) is 13.8 Å². The van der Waals surface area contributed by atoms with E-state index in [4.69, 9.17) is 52.1 Å². The van der Waals surface area contributed by atoms with Crippen molar-refractivity contribution in [3.63, 3.8) is 0 Å². The fourth-order valence-corrected chi connectivity index (χ4v) is 9.89. The third-order valence-electron chi connectivity index (χ3n) is 14.7. The maximum Gasteiger partial charge on any atom is 0.162 e. The van der Waals surface area contributed by atoms with Crippen LogP contribution in [-0.2, 0) is 4.74 Å². The number of hydrogen-bond acceptors (Lipinski definition) is 15. The smallest absolute Gasteiger partial charge is 0.162 e. The van der Waals surface area contributed by atoms with E-state index in [9.17, 15) is 20.4 Å². The Labute approximate surface area is 453 Å². The van der Waals surface area contributed by atoms with Crippen molar-refractivity contribution in [2.45, 2.75) is 116 Å². The van der Waals surface area contributed by atoms with Crippen LogP contribution >= 0.6 is 0 Å². The summed E-state index contributed by atoms with van der Waals surface area (Å²) in [6.45, 7) is 15.2. The highest BCUT2D eigenvalue weighted by atomic mass is 16.5. The molecule has 77 heavy (non-hydrogen) atoms. The first-order valence-corrected chi connectivity index (χ1v) is 25.9. The summed E-state index contributed by atoms with van der Waals surface area (Å²) >= 11 is 0. The van der Waals surface area contributed by atoms with Crippen molar-refractivity contribution in [3.05, 3.63) is 154 Å². The van der Waals surface area contributed by atoms with Crippen molar-refractivity contribution < 1.29 is 72.5 Å². The predicted octanol–water partition coefficient (Wildman–Crippen LogP) is 11.4. The van der Waals surface area contributed by atoms with Crippen LogP contribution in [0.4, 0.5) is 0 Å². The van der Waals surface area contributed by atoms with Crippen LogP contribution in [0.3, 0.4) is 0 Å². The van der Waals surface area contributed by atoms with Crippen LogP contribution in [0.5, 0.6) is 57.5 Å². The van der Waals surface area contributed by atoms with E-state index in [0.717, 1.165) is 33.8 Å². The monoisotopic (exact) mass is 1060 g/mol. The second-order valence-electron chi connectivity index (χ2n) is 19.9. The lowest BCUT2D eigenvalue weighted by Crippen LogP contribution is -2.23. The van der Waals surface area contributed by atoms with Gasteiger partial charge in [-0.05, 0) is 171 Å². The van der Waals surface area contributed by atoms with E-state index in [0.29, 0.717) is 68.2 Å². The van der Waals surface area contributed by atoms with E-state index in [-0.39, 0.29) is 24.0 Å². The molecule has 0 aromatic heterocycles. The zero-order chi connectivity index (χ0) is 55.8. The van der Waals surface area contributed by atoms with Gasteiger partial charge in [0.1, 0.15) is 60.3 Å². The fourth-order valence-electron chi connectivity index (χ4n) is 9.89. The molecule has 0 bridgehead atoms. The molecule has 1 saturated heterocycles. The molecule has 4 N–H and O–H groups in total. The number of aliphatic hydroxyl groups excluding tert-OH is 4. The first-order valence-electron chi connectivity index (χ1n) is 25.9. The summed E-state index contributed by atoms with van der Waals surface area (Å²) in [5.41, 5.74) is 6.01. The quantitative estimate of drug-likeness (QED) is 0.0449. The summed E-state index contributed by atoms with van der Waals surface area (Å²) in [7, 11) is 9.43. The Morgan fingerprint density at radius 1 is 0.338 bits per heavy atom. The maximum atomic E-state index is 11.6. The predicted molar refractivity (Wildman–Crippen MR) is 293 cm³/mol. The summed E-state index contributed by atoms with van der Waals surface area (Å²) < 4.78 is 65.8. The van der Waals surface area contributed by atoms with Gasteiger partial charge in [-0.1, -0.05) is 50.2 Å². The van der Waals surface area contributed by atoms with Crippen molar-refractivity contribution in [3.8, 4) is 57.5 Å². The van der Waals surface area contributed by atoms with E-state index < -0.39 is 48.8 Å². The normalized spacial score (nSPS) is 19.4. The van der Waals surface area contributed by atoms with Crippen LogP contribution in [-0.4, -0.2) is 87.5 Å². The summed E-state index contributed by atoms with van der Waals surface area (Å²) in [6, 6.07) is 32.7. The van der Waals surface area contributed by atoms with Gasteiger partial charge >= 0.3 is 0 Å². The minimum absolute atomic E-state index is 0.0983. The number of aryl methyl sites for hydroxylation is 2. The van der Waals surface area contributed by atoms with Crippen LogP contribution in [0, 0.1) is 25.7 Å². The van der Waals surface area contributed by atoms with E-state index >= 15 is 0 Å². The first-order chi connectivity index (χ1) is 36.8. The molecule has 0 aliphatic carbocycles. The van der Waals surface area contributed by atoms with Crippen molar-refractivity contribution in [1.82, 2.24) is 0 Å². The molecule has 0 amide bonds. The molecule has 7 rings (SSSR count). The lowest BCUT2D eigenvalue weighted by atomic mass is 9.85. The van der Waals surface area contributed by atoms with Gasteiger partial charge in [-0.3, -0.25) is 0 Å². The molecule has 0 saturated carbocycles. The van der Waals surface area contributed by atoms with Gasteiger partial charge in [-0.25, -0.2) is 0 Å². The Morgan fingerprint density at radius 3 is 0.909 bits per heavy atom. The number of rotatable bonds is 24. The molecule has 1 aliphatic rings. The molecule has 6 aromatic rings. The third kappa shape index (κ3) is 12.9. The maximum absolute atomic E-state index is 11.6. The fraction of sp³-hybridized carbons (Fsp3) is 0.419. The number of hydrogen-bond donors (Lipinski definition) is 4. The summed E-state index contributed by atoms with van der Waals surface area (Å²) in [5.74, 6) is 5.11. The molecule has 0 radical (unpaired) electrons. The van der Waals surface area contributed by atoms with Gasteiger partial charge in [0.2, 0.25) is 0 Å². The van der Waals surface area contributed by atoms with Gasteiger partial charge in [-0.2, -0.15) is 0 Å². The molecule has 1 fully saturated rings. The standard InChI is InChI=1S/C62H76O15/c1-33-27-41(15-21-47(33)67-9)57(63)39(7)75-55-29-43(17-23-49(55)69-11)59(65)37(5)73-51-25-19-45(31-53(51)71-13)61-35(3)36(4)62(77-61)46-20-26-52(54(32-46)72-14)74-38(6)60(66)44-18-24-50(70-12)56(30-44)76-40(8)58(64)42-16-22-48(68-10)34(2)28-42/h15-32,35-40,57-66H,1-14H3/t35-,36-,37-,38-,39-,40-,57+,58+,59+,60+,61+,62?/m1/s1. The highest BCUT2D eigenvalue weighted by Crippen LogP contribution is 2.51. The Kier molecular flexibility index (Phi) is 19.2. The molecular weight excluding hydrogens is 985 g/mol. The minimum Gasteiger partial charge on any atom is -0.496 e. The van der Waals surface area contributed by atoms with Gasteiger partial charge in [0.15, 0.2) is 46.0 Å². The van der Waals surface area contributed by atoms with Gasteiger partial charge in [0, 0.05) is 0 Å². The first kappa shape index (κ1) is 57.8. The van der Waals surface area contributed by atoms with Crippen molar-refractivity contribution >= 4 is 0 Å². The zero-order valence-corrected chi connectivity index (χ0v) is 46.6. The van der Waals surface area contributed by atoms with Gasteiger partial charge < -0.3 is 72.5 Å². The third-order valence-corrected chi connectivity index (χ3v) is 14.7. The average molecular weight is 1060 g/mol. The van der Waals surface area contributed by atoms with E-state index in [1.165, 1.54) is 14.2 Å². The Hall–Kier alpha value is -6.88. The average Bonchev–Trinajstić information content (AvgIpc) is 3.74. The van der Waals surface area contributed by atoms with Crippen molar-refractivity contribution in [2.24, 2.45) is 11.8 Å². The molecular formula is C62H76O15. The molecule has 15 nitrogen and oxygen atoms in total. The SMILES string of the molecule is COc1ccc([C@@H](O)[C@@H](C)Oc2cc([C@@H](O)[C@@H](C)Oc3ccc(C4O[C@H](c5ccc(O[C@H](C)[C@H](O)c6ccc(OC)c(O[C@H](C)[C@H](O)c7ccc(OC)c(C)c7)c6)c(OC)c5)[C@H](C)[C@H]4C)cc3OC)ccc2OC)cc1C. The van der Waals surface area contributed by atoms with Gasteiger partial charge in [0.25, 0.3) is 0 Å². The van der Waals surface area contributed by atoms with Crippen LogP contribution in [0.15, 0.2) is 109 Å². The van der Waals surface area contributed by atoms with E-state index in [1.54, 1.807) is 105 Å². The molecule has 6 aromatic carbocycles. The molecule has 0 spiro atoms. The highest BCUT2D eigenvalue weighted by Gasteiger charge is 2.41. The molecule has 1 aliphatic heterocycles. The summed E-state index contributed by atoms with van der Waals surface area (Å²) in [4.78, 5) is 0. The minimum atomic E-state index is -1.08. The number of aliphatic hydroxyl groups is 4. The summed E-state index contributed by atoms with van der Waals surface area (Å²) in [5, 5.41) is 45.7. The Balaban J connectivity index is 0.994. The number of methoxy groups -OCH3 is 6. The lowest BCUT2D eigenvalue weighted by molar-refractivity contribution is 0.0281. The molecule has 1 heterocycles. The Bertz CT molecular complexity index is 2730. The molecule has 12 atom stereocenters. The van der Waals surface area contributed by atoms with Crippen molar-refractivity contribution in [1.29, 1.82) is 0 Å². The molecule has 15 heteroatoms. The van der Waals surface area contributed by atoms with E-state index in [1.807, 2.05) is 74.5 Å². The second-order valence-corrected chi connectivity index (χ2v) is 19.9. The van der Waals surface area contributed by atoms with Gasteiger partial charge in [-0.15, -0.1) is 0 Å². The zero-order valence-electron chi connectivity index (χ0n) is 46.6. The van der Waals surface area contributed by atoms with Crippen LogP contribution in [0.2, 0.25) is 0 Å².